The molecule has 10 aromatic carbocycles. The lowest BCUT2D eigenvalue weighted by molar-refractivity contribution is 1.12. The van der Waals surface area contributed by atoms with E-state index in [9.17, 15) is 10.5 Å². The number of nitrogens with zero attached hydrogens (tertiary/aromatic N) is 8. The Kier molecular flexibility index (Phi) is 13.1. The van der Waals surface area contributed by atoms with E-state index in [1.807, 2.05) is 122 Å². The molecule has 0 bridgehead atoms. The fourth-order valence-corrected chi connectivity index (χ4v) is 12.8. The molecule has 0 amide bonds. The summed E-state index contributed by atoms with van der Waals surface area (Å²) in [6, 6.07) is 102. The second-order valence-corrected chi connectivity index (χ2v) is 22.5. The van der Waals surface area contributed by atoms with Gasteiger partial charge in [-0.3, -0.25) is 19.9 Å². The van der Waals surface area contributed by atoms with Gasteiger partial charge in [0.25, 0.3) is 0 Å². The maximum Gasteiger partial charge on any atom is 0.104 e. The quantitative estimate of drug-likeness (QED) is 0.128. The number of aromatic nitrogens is 6. The number of rotatable bonds is 11. The Morgan fingerprint density at radius 2 is 0.522 bits per heavy atom. The molecule has 0 N–H and O–H groups in total. The first-order chi connectivity index (χ1) is 44.5. The van der Waals surface area contributed by atoms with Crippen LogP contribution >= 0.6 is 0 Å². The molecule has 0 saturated heterocycles. The zero-order valence-electron chi connectivity index (χ0n) is 48.4. The zero-order valence-corrected chi connectivity index (χ0v) is 48.4. The lowest BCUT2D eigenvalue weighted by Crippen LogP contribution is -2.05. The van der Waals surface area contributed by atoms with Crippen molar-refractivity contribution in [1.82, 2.24) is 29.1 Å². The molecule has 0 unspecified atom stereocenters. The lowest BCUT2D eigenvalue weighted by atomic mass is 9.98. The summed E-state index contributed by atoms with van der Waals surface area (Å²) in [4.78, 5) is 19.3. The van der Waals surface area contributed by atoms with Crippen molar-refractivity contribution < 1.29 is 0 Å². The van der Waals surface area contributed by atoms with Crippen LogP contribution in [-0.4, -0.2) is 29.1 Å². The molecule has 90 heavy (non-hydrogen) atoms. The number of hydrogen-bond donors (Lipinski definition) is 0. The fraction of sp³-hybridized carbons (Fsp3) is 0. The average molecular weight is 1150 g/mol. The van der Waals surface area contributed by atoms with Crippen LogP contribution in [0.15, 0.2) is 304 Å². The van der Waals surface area contributed by atoms with Crippen molar-refractivity contribution in [2.75, 3.05) is 0 Å². The van der Waals surface area contributed by atoms with Crippen LogP contribution in [0.4, 0.5) is 0 Å². The van der Waals surface area contributed by atoms with Gasteiger partial charge < -0.3 is 9.13 Å². The van der Waals surface area contributed by atoms with Crippen molar-refractivity contribution in [3.63, 3.8) is 0 Å². The molecule has 0 atom stereocenters. The Morgan fingerprint density at radius 1 is 0.233 bits per heavy atom. The van der Waals surface area contributed by atoms with Gasteiger partial charge in [-0.25, -0.2) is 0 Å². The van der Waals surface area contributed by atoms with Gasteiger partial charge in [0.15, 0.2) is 0 Å². The highest BCUT2D eigenvalue weighted by molar-refractivity contribution is 6.13. The summed E-state index contributed by atoms with van der Waals surface area (Å²) in [5, 5.41) is 26.9. The first-order valence-electron chi connectivity index (χ1n) is 29.8. The van der Waals surface area contributed by atoms with E-state index in [0.29, 0.717) is 22.5 Å². The topological polar surface area (TPSA) is 109 Å². The molecule has 0 aliphatic heterocycles. The molecular weight excluding hydrogens is 1100 g/mol. The normalized spacial score (nSPS) is 11.3. The third-order valence-electron chi connectivity index (χ3n) is 17.2. The Labute approximate surface area is 519 Å². The van der Waals surface area contributed by atoms with Crippen molar-refractivity contribution in [3.05, 3.63) is 315 Å². The highest BCUT2D eigenvalue weighted by atomic mass is 15.0. The van der Waals surface area contributed by atoms with E-state index in [1.165, 1.54) is 0 Å². The monoisotopic (exact) mass is 1150 g/mol. The first-order valence-corrected chi connectivity index (χ1v) is 29.8. The molecule has 0 aliphatic carbocycles. The molecular formula is C82H50N8. The van der Waals surface area contributed by atoms with Crippen molar-refractivity contribution >= 4 is 43.6 Å². The summed E-state index contributed by atoms with van der Waals surface area (Å²) >= 11 is 0. The average Bonchev–Trinajstić information content (AvgIpc) is 1.57. The van der Waals surface area contributed by atoms with Gasteiger partial charge in [0.05, 0.1) is 67.8 Å². The third-order valence-corrected chi connectivity index (χ3v) is 17.2. The maximum absolute atomic E-state index is 12.4. The number of benzene rings is 10. The van der Waals surface area contributed by atoms with Gasteiger partial charge in [-0.2, -0.15) is 10.5 Å². The van der Waals surface area contributed by atoms with E-state index in [4.69, 9.17) is 19.9 Å². The maximum atomic E-state index is 12.4. The third kappa shape index (κ3) is 9.51. The summed E-state index contributed by atoms with van der Waals surface area (Å²) < 4.78 is 4.57. The highest BCUT2D eigenvalue weighted by Gasteiger charge is 2.25. The van der Waals surface area contributed by atoms with E-state index >= 15 is 0 Å². The molecule has 0 radical (unpaired) electrons. The number of pyridine rings is 4. The van der Waals surface area contributed by atoms with Gasteiger partial charge in [0.1, 0.15) is 11.6 Å². The molecule has 0 fully saturated rings. The summed E-state index contributed by atoms with van der Waals surface area (Å²) in [5.41, 5.74) is 23.2. The molecule has 8 nitrogen and oxygen atoms in total. The molecule has 6 heterocycles. The van der Waals surface area contributed by atoms with Gasteiger partial charge in [0, 0.05) is 68.6 Å². The first kappa shape index (κ1) is 52.9. The minimum atomic E-state index is 0.454. The molecule has 8 heteroatoms. The van der Waals surface area contributed by atoms with E-state index in [1.54, 1.807) is 0 Å². The smallest absolute Gasteiger partial charge is 0.104 e. The number of fused-ring (bicyclic) bond motifs is 6. The predicted octanol–water partition coefficient (Wildman–Crippen LogP) is 20.2. The second kappa shape index (κ2) is 22.3. The molecule has 16 aromatic rings. The zero-order chi connectivity index (χ0) is 60.1. The van der Waals surface area contributed by atoms with Crippen LogP contribution in [0, 0.1) is 22.7 Å². The summed E-state index contributed by atoms with van der Waals surface area (Å²) in [6.07, 6.45) is 7.49. The van der Waals surface area contributed by atoms with Crippen LogP contribution in [0.25, 0.3) is 156 Å². The van der Waals surface area contributed by atoms with Crippen molar-refractivity contribution in [2.45, 2.75) is 0 Å². The molecule has 16 rings (SSSR count). The van der Waals surface area contributed by atoms with E-state index in [0.717, 1.165) is 144 Å². The van der Waals surface area contributed by atoms with Crippen LogP contribution < -0.4 is 0 Å². The Hall–Kier alpha value is -12.6. The van der Waals surface area contributed by atoms with Gasteiger partial charge in [0.2, 0.25) is 0 Å². The van der Waals surface area contributed by atoms with Crippen molar-refractivity contribution in [1.29, 1.82) is 10.5 Å². The molecule has 0 saturated carbocycles. The minimum absolute atomic E-state index is 0.454. The number of nitriles is 2. The Morgan fingerprint density at radius 3 is 0.822 bits per heavy atom. The molecule has 0 spiro atoms. The van der Waals surface area contributed by atoms with E-state index in [-0.39, 0.29) is 0 Å². The molecule has 418 valence electrons. The summed E-state index contributed by atoms with van der Waals surface area (Å²) in [7, 11) is 0. The predicted molar refractivity (Wildman–Crippen MR) is 365 cm³/mol. The van der Waals surface area contributed by atoms with Crippen molar-refractivity contribution in [2.24, 2.45) is 0 Å². The van der Waals surface area contributed by atoms with Crippen LogP contribution in [0.3, 0.4) is 0 Å². The van der Waals surface area contributed by atoms with Gasteiger partial charge in [-0.1, -0.05) is 182 Å². The largest absolute Gasteiger partial charge is 0.308 e. The van der Waals surface area contributed by atoms with Gasteiger partial charge in [-0.15, -0.1) is 0 Å². The van der Waals surface area contributed by atoms with Crippen molar-refractivity contribution in [3.8, 4) is 124 Å². The Bertz CT molecular complexity index is 4970. The second-order valence-electron chi connectivity index (χ2n) is 22.5. The summed E-state index contributed by atoms with van der Waals surface area (Å²) in [6.45, 7) is 0. The molecule has 6 aromatic heterocycles. The summed E-state index contributed by atoms with van der Waals surface area (Å²) in [5.74, 6) is 0. The molecule has 0 aliphatic rings. The highest BCUT2D eigenvalue weighted by Crippen LogP contribution is 2.44. The van der Waals surface area contributed by atoms with Crippen LogP contribution in [-0.2, 0) is 0 Å². The lowest BCUT2D eigenvalue weighted by Gasteiger charge is -2.19. The fourth-order valence-electron chi connectivity index (χ4n) is 12.8. The van der Waals surface area contributed by atoms with Gasteiger partial charge >= 0.3 is 0 Å². The van der Waals surface area contributed by atoms with E-state index in [2.05, 4.69) is 203 Å². The van der Waals surface area contributed by atoms with Gasteiger partial charge in [-0.05, 0) is 153 Å². The van der Waals surface area contributed by atoms with Crippen LogP contribution in [0.5, 0.6) is 0 Å². The standard InChI is InChI=1S/C82H50N8/c83-51-53-14-13-23-58(40-53)67-49-81(89-77-45-59(63-32-36-85-73(41-63)54-15-5-1-6-16-54)24-28-68(77)69-29-25-60(46-78(69)89)64-33-37-86-74(42-64)55-17-7-2-8-18-55)72(52-84)82(50-67)90-79-47-61(65-34-38-87-75(43-65)56-19-9-3-10-20-56)26-30-70(79)71-31-27-62(48-80(71)90)66-35-39-88-76(44-66)57-21-11-4-12-22-57/h1-50H. The Balaban J connectivity index is 0.996. The minimum Gasteiger partial charge on any atom is -0.308 e. The SMILES string of the molecule is N#Cc1cccc(-c2cc(-n3c4cc(-c5ccnc(-c6ccccc6)c5)ccc4c4ccc(-c5ccnc(-c6ccccc6)c5)cc43)c(C#N)c(-n3c4cc(-c5ccnc(-c6ccccc6)c5)ccc4c4ccc(-c5ccnc(-c6ccccc6)c5)cc43)c2)c1. The van der Waals surface area contributed by atoms with Crippen LogP contribution in [0.1, 0.15) is 11.1 Å². The number of hydrogen-bond acceptors (Lipinski definition) is 6. The van der Waals surface area contributed by atoms with E-state index < -0.39 is 0 Å². The van der Waals surface area contributed by atoms with Crippen LogP contribution in [0.2, 0.25) is 0 Å².